The summed E-state index contributed by atoms with van der Waals surface area (Å²) in [5, 5.41) is 10.4. The number of hydrogen-bond acceptors (Lipinski definition) is 6. The van der Waals surface area contributed by atoms with Crippen LogP contribution in [0.1, 0.15) is 42.6 Å². The Morgan fingerprint density at radius 1 is 1.26 bits per heavy atom. The molecule has 0 saturated carbocycles. The van der Waals surface area contributed by atoms with Gasteiger partial charge in [-0.1, -0.05) is 24.1 Å². The molecule has 1 aliphatic heterocycles. The van der Waals surface area contributed by atoms with Gasteiger partial charge >= 0.3 is 0 Å². The van der Waals surface area contributed by atoms with Crippen molar-refractivity contribution < 1.29 is 4.42 Å². The second kappa shape index (κ2) is 7.92. The maximum Gasteiger partial charge on any atom is 0.233 e. The van der Waals surface area contributed by atoms with E-state index in [1.54, 1.807) is 0 Å². The summed E-state index contributed by atoms with van der Waals surface area (Å²) in [5.41, 5.74) is 2.14. The van der Waals surface area contributed by atoms with E-state index in [2.05, 4.69) is 26.1 Å². The summed E-state index contributed by atoms with van der Waals surface area (Å²) >= 11 is 6.35. The highest BCUT2D eigenvalue weighted by Gasteiger charge is 2.29. The van der Waals surface area contributed by atoms with Crippen molar-refractivity contribution in [3.8, 4) is 0 Å². The zero-order valence-corrected chi connectivity index (χ0v) is 16.5. The number of halogens is 1. The van der Waals surface area contributed by atoms with E-state index in [0.29, 0.717) is 18.3 Å². The Balaban J connectivity index is 1.61. The average molecular weight is 386 g/mol. The third kappa shape index (κ3) is 4.13. The molecule has 1 aromatic carbocycles. The number of likely N-dealkylation sites (tertiary alicyclic amines) is 1. The first-order valence-corrected chi connectivity index (χ1v) is 9.72. The first-order valence-electron chi connectivity index (χ1n) is 9.34. The van der Waals surface area contributed by atoms with Gasteiger partial charge in [-0.05, 0) is 57.2 Å². The minimum absolute atomic E-state index is 0.139. The van der Waals surface area contributed by atoms with E-state index in [1.165, 1.54) is 12.8 Å². The van der Waals surface area contributed by atoms with E-state index in [4.69, 9.17) is 16.0 Å². The predicted octanol–water partition coefficient (Wildman–Crippen LogP) is 4.06. The van der Waals surface area contributed by atoms with Crippen molar-refractivity contribution in [3.05, 3.63) is 52.8 Å². The summed E-state index contributed by atoms with van der Waals surface area (Å²) in [5.74, 6) is 1.38. The quantitative estimate of drug-likeness (QED) is 0.660. The van der Waals surface area contributed by atoms with Gasteiger partial charge < -0.3 is 9.32 Å². The standard InChI is InChI=1S/C20H24ClN5O/c1-25(2)13-18-23-24-20(27-18)17-7-3-4-9-26(17)12-15-11-16(21)10-14-6-5-8-22-19(14)15/h5-6,8,10-11,17H,3-4,7,9,12-13H2,1-2H3. The van der Waals surface area contributed by atoms with Gasteiger partial charge in [0.15, 0.2) is 0 Å². The number of nitrogens with zero attached hydrogens (tertiary/aromatic N) is 5. The molecule has 1 aliphatic rings. The van der Waals surface area contributed by atoms with Crippen molar-refractivity contribution in [1.29, 1.82) is 0 Å². The lowest BCUT2D eigenvalue weighted by atomic mass is 10.0. The number of fused-ring (bicyclic) bond motifs is 1. The molecule has 2 aromatic heterocycles. The van der Waals surface area contributed by atoms with Crippen LogP contribution in [0, 0.1) is 0 Å². The van der Waals surface area contributed by atoms with E-state index in [9.17, 15) is 0 Å². The third-order valence-corrected chi connectivity index (χ3v) is 5.17. The van der Waals surface area contributed by atoms with Gasteiger partial charge in [-0.3, -0.25) is 9.88 Å². The lowest BCUT2D eigenvalue weighted by molar-refractivity contribution is 0.116. The van der Waals surface area contributed by atoms with Gasteiger partial charge in [-0.25, -0.2) is 0 Å². The summed E-state index contributed by atoms with van der Waals surface area (Å²) in [7, 11) is 3.99. The normalized spacial score (nSPS) is 18.4. The Kier molecular flexibility index (Phi) is 5.38. The molecule has 0 spiro atoms. The van der Waals surface area contributed by atoms with Crippen LogP contribution in [0.2, 0.25) is 5.02 Å². The zero-order chi connectivity index (χ0) is 18.8. The predicted molar refractivity (Wildman–Crippen MR) is 105 cm³/mol. The topological polar surface area (TPSA) is 58.3 Å². The lowest BCUT2D eigenvalue weighted by Crippen LogP contribution is -2.33. The molecule has 4 rings (SSSR count). The summed E-state index contributed by atoms with van der Waals surface area (Å²) in [4.78, 5) is 9.02. The van der Waals surface area contributed by atoms with Gasteiger partial charge in [0.2, 0.25) is 11.8 Å². The van der Waals surface area contributed by atoms with E-state index in [0.717, 1.165) is 41.0 Å². The van der Waals surface area contributed by atoms with Crippen LogP contribution in [0.25, 0.3) is 10.9 Å². The maximum absolute atomic E-state index is 6.35. The molecule has 1 atom stereocenters. The average Bonchev–Trinajstić information content (AvgIpc) is 3.09. The molecule has 0 N–H and O–H groups in total. The van der Waals surface area contributed by atoms with Gasteiger partial charge in [0.05, 0.1) is 18.1 Å². The zero-order valence-electron chi connectivity index (χ0n) is 15.7. The van der Waals surface area contributed by atoms with Crippen molar-refractivity contribution in [2.45, 2.75) is 38.4 Å². The van der Waals surface area contributed by atoms with E-state index < -0.39 is 0 Å². The second-order valence-electron chi connectivity index (χ2n) is 7.39. The Labute approximate surface area is 164 Å². The Morgan fingerprint density at radius 2 is 2.15 bits per heavy atom. The molecule has 0 radical (unpaired) electrons. The molecule has 3 heterocycles. The van der Waals surface area contributed by atoms with Crippen molar-refractivity contribution in [2.24, 2.45) is 0 Å². The fraction of sp³-hybridized carbons (Fsp3) is 0.450. The number of hydrogen-bond donors (Lipinski definition) is 0. The molecule has 0 aliphatic carbocycles. The first kappa shape index (κ1) is 18.3. The number of rotatable bonds is 5. The molecule has 0 amide bonds. The Morgan fingerprint density at radius 3 is 3.00 bits per heavy atom. The second-order valence-corrected chi connectivity index (χ2v) is 7.83. The van der Waals surface area contributed by atoms with Gasteiger partial charge in [0, 0.05) is 23.2 Å². The first-order chi connectivity index (χ1) is 13.1. The summed E-state index contributed by atoms with van der Waals surface area (Å²) in [6, 6.07) is 8.12. The number of pyridine rings is 1. The number of aromatic nitrogens is 3. The van der Waals surface area contributed by atoms with E-state index >= 15 is 0 Å². The van der Waals surface area contributed by atoms with Crippen LogP contribution in [0.15, 0.2) is 34.9 Å². The third-order valence-electron chi connectivity index (χ3n) is 4.95. The molecule has 27 heavy (non-hydrogen) atoms. The summed E-state index contributed by atoms with van der Waals surface area (Å²) < 4.78 is 5.97. The molecular weight excluding hydrogens is 362 g/mol. The highest BCUT2D eigenvalue weighted by atomic mass is 35.5. The van der Waals surface area contributed by atoms with E-state index in [-0.39, 0.29) is 6.04 Å². The van der Waals surface area contributed by atoms with Crippen LogP contribution in [0.5, 0.6) is 0 Å². The van der Waals surface area contributed by atoms with Crippen LogP contribution in [-0.2, 0) is 13.1 Å². The SMILES string of the molecule is CN(C)Cc1nnc(C2CCCCN2Cc2cc(Cl)cc3cccnc23)o1. The fourth-order valence-electron chi connectivity index (χ4n) is 3.76. The van der Waals surface area contributed by atoms with Gasteiger partial charge in [-0.2, -0.15) is 0 Å². The van der Waals surface area contributed by atoms with Crippen molar-refractivity contribution in [3.63, 3.8) is 0 Å². The molecule has 1 saturated heterocycles. The smallest absolute Gasteiger partial charge is 0.233 e. The molecule has 7 heteroatoms. The van der Waals surface area contributed by atoms with Crippen LogP contribution in [-0.4, -0.2) is 45.6 Å². The molecule has 6 nitrogen and oxygen atoms in total. The minimum atomic E-state index is 0.139. The molecule has 142 valence electrons. The van der Waals surface area contributed by atoms with Crippen LogP contribution >= 0.6 is 11.6 Å². The number of piperidine rings is 1. The lowest BCUT2D eigenvalue weighted by Gasteiger charge is -2.33. The highest BCUT2D eigenvalue weighted by Crippen LogP contribution is 2.33. The van der Waals surface area contributed by atoms with Crippen LogP contribution in [0.4, 0.5) is 0 Å². The molecular formula is C20H24ClN5O. The van der Waals surface area contributed by atoms with Crippen molar-refractivity contribution in [2.75, 3.05) is 20.6 Å². The van der Waals surface area contributed by atoms with Crippen LogP contribution < -0.4 is 0 Å². The van der Waals surface area contributed by atoms with Gasteiger partial charge in [0.1, 0.15) is 0 Å². The molecule has 1 unspecified atom stereocenters. The molecule has 3 aromatic rings. The van der Waals surface area contributed by atoms with Crippen LogP contribution in [0.3, 0.4) is 0 Å². The minimum Gasteiger partial charge on any atom is -0.422 e. The summed E-state index contributed by atoms with van der Waals surface area (Å²) in [6.45, 7) is 2.42. The van der Waals surface area contributed by atoms with Gasteiger partial charge in [0.25, 0.3) is 0 Å². The Bertz CT molecular complexity index is 926. The number of benzene rings is 1. The molecule has 1 fully saturated rings. The largest absolute Gasteiger partial charge is 0.422 e. The van der Waals surface area contributed by atoms with Gasteiger partial charge in [-0.15, -0.1) is 10.2 Å². The maximum atomic E-state index is 6.35. The van der Waals surface area contributed by atoms with E-state index in [1.807, 2.05) is 43.4 Å². The molecule has 0 bridgehead atoms. The van der Waals surface area contributed by atoms with Crippen molar-refractivity contribution >= 4 is 22.5 Å². The summed E-state index contributed by atoms with van der Waals surface area (Å²) in [6.07, 6.45) is 5.19. The fourth-order valence-corrected chi connectivity index (χ4v) is 4.01. The monoisotopic (exact) mass is 385 g/mol. The Hall–Kier alpha value is -2.02. The highest BCUT2D eigenvalue weighted by molar-refractivity contribution is 6.31. The van der Waals surface area contributed by atoms with Crippen molar-refractivity contribution in [1.82, 2.24) is 25.0 Å².